The van der Waals surface area contributed by atoms with Gasteiger partial charge in [-0.15, -0.1) is 0 Å². The van der Waals surface area contributed by atoms with E-state index >= 15 is 0 Å². The molecule has 1 fully saturated rings. The molecule has 0 amide bonds. The summed E-state index contributed by atoms with van der Waals surface area (Å²) >= 11 is 0. The third kappa shape index (κ3) is 1.66. The second-order valence-electron chi connectivity index (χ2n) is 4.96. The van der Waals surface area contributed by atoms with Crippen LogP contribution >= 0.6 is 0 Å². The van der Waals surface area contributed by atoms with Gasteiger partial charge < -0.3 is 5.11 Å². The summed E-state index contributed by atoms with van der Waals surface area (Å²) in [6.45, 7) is 6.04. The van der Waals surface area contributed by atoms with Crippen molar-refractivity contribution in [3.05, 3.63) is 17.0 Å². The summed E-state index contributed by atoms with van der Waals surface area (Å²) < 4.78 is 1.77. The van der Waals surface area contributed by atoms with E-state index in [4.69, 9.17) is 0 Å². The van der Waals surface area contributed by atoms with E-state index in [9.17, 15) is 9.90 Å². The molecular weight excluding hydrogens is 216 g/mol. The number of hydrogen-bond acceptors (Lipinski definition) is 2. The predicted octanol–water partition coefficient (Wildman–Crippen LogP) is 2.42. The molecule has 1 N–H and O–H groups in total. The molecule has 1 aliphatic carbocycles. The monoisotopic (exact) mass is 236 g/mol. The van der Waals surface area contributed by atoms with E-state index in [0.29, 0.717) is 12.8 Å². The average Bonchev–Trinajstić information content (AvgIpc) is 2.85. The molecule has 0 unspecified atom stereocenters. The highest BCUT2D eigenvalue weighted by atomic mass is 16.4. The van der Waals surface area contributed by atoms with Gasteiger partial charge in [-0.05, 0) is 38.7 Å². The zero-order valence-corrected chi connectivity index (χ0v) is 10.8. The van der Waals surface area contributed by atoms with Crippen LogP contribution < -0.4 is 0 Å². The Morgan fingerprint density at radius 1 is 1.41 bits per heavy atom. The number of carboxylic acid groups (broad SMARTS) is 1. The topological polar surface area (TPSA) is 55.1 Å². The van der Waals surface area contributed by atoms with Crippen LogP contribution in [-0.4, -0.2) is 20.9 Å². The summed E-state index contributed by atoms with van der Waals surface area (Å²) in [4.78, 5) is 11.6. The number of aromatic nitrogens is 2. The number of carbonyl (C=O) groups is 1. The lowest BCUT2D eigenvalue weighted by Crippen LogP contribution is -2.40. The Labute approximate surface area is 102 Å². The van der Waals surface area contributed by atoms with Gasteiger partial charge in [-0.1, -0.05) is 19.8 Å². The Balaban J connectivity index is 2.55. The summed E-state index contributed by atoms with van der Waals surface area (Å²) in [5.41, 5.74) is 2.40. The molecule has 1 heterocycles. The Kier molecular flexibility index (Phi) is 2.98. The van der Waals surface area contributed by atoms with Gasteiger partial charge in [0.15, 0.2) is 5.54 Å². The van der Waals surface area contributed by atoms with Crippen molar-refractivity contribution in [2.75, 3.05) is 0 Å². The van der Waals surface area contributed by atoms with Crippen molar-refractivity contribution in [1.29, 1.82) is 0 Å². The normalized spacial score (nSPS) is 18.5. The minimum absolute atomic E-state index is 0.702. The number of hydrogen-bond donors (Lipinski definition) is 1. The summed E-state index contributed by atoms with van der Waals surface area (Å²) in [5.74, 6) is -0.733. The fraction of sp³-hybridized carbons (Fsp3) is 0.692. The molecular formula is C13H20N2O2. The van der Waals surface area contributed by atoms with Crippen molar-refractivity contribution in [3.8, 4) is 0 Å². The van der Waals surface area contributed by atoms with E-state index in [0.717, 1.165) is 30.7 Å². The maximum absolute atomic E-state index is 11.6. The zero-order valence-electron chi connectivity index (χ0n) is 10.8. The lowest BCUT2D eigenvalue weighted by molar-refractivity contribution is -0.148. The molecule has 1 saturated carbocycles. The van der Waals surface area contributed by atoms with Crippen LogP contribution in [-0.2, 0) is 16.8 Å². The Morgan fingerprint density at radius 3 is 2.41 bits per heavy atom. The molecule has 0 radical (unpaired) electrons. The van der Waals surface area contributed by atoms with Crippen LogP contribution in [0.15, 0.2) is 0 Å². The quantitative estimate of drug-likeness (QED) is 0.876. The van der Waals surface area contributed by atoms with Crippen molar-refractivity contribution in [1.82, 2.24) is 9.78 Å². The van der Waals surface area contributed by atoms with Gasteiger partial charge in [0.1, 0.15) is 0 Å². The first-order valence-corrected chi connectivity index (χ1v) is 6.32. The van der Waals surface area contributed by atoms with Crippen molar-refractivity contribution in [2.24, 2.45) is 0 Å². The number of aliphatic carboxylic acids is 1. The standard InChI is InChI=1S/C13H20N2O2/c1-4-11-9(2)14-15(10(11)3)13(12(16)17)7-5-6-8-13/h4-8H2,1-3H3,(H,16,17). The third-order valence-electron chi connectivity index (χ3n) is 4.03. The minimum Gasteiger partial charge on any atom is -0.479 e. The van der Waals surface area contributed by atoms with Crippen LogP contribution in [0.2, 0.25) is 0 Å². The first-order chi connectivity index (χ1) is 8.03. The van der Waals surface area contributed by atoms with Crippen LogP contribution in [0.1, 0.15) is 49.6 Å². The Morgan fingerprint density at radius 2 is 2.00 bits per heavy atom. The van der Waals surface area contributed by atoms with Gasteiger partial charge in [-0.25, -0.2) is 4.79 Å². The molecule has 0 saturated heterocycles. The second kappa shape index (κ2) is 4.17. The van der Waals surface area contributed by atoms with Gasteiger partial charge in [-0.2, -0.15) is 5.10 Å². The summed E-state index contributed by atoms with van der Waals surface area (Å²) in [6, 6.07) is 0. The summed E-state index contributed by atoms with van der Waals surface area (Å²) in [5, 5.41) is 14.0. The highest BCUT2D eigenvalue weighted by molar-refractivity contribution is 5.77. The molecule has 0 atom stereocenters. The molecule has 0 bridgehead atoms. The number of nitrogens with zero attached hydrogens (tertiary/aromatic N) is 2. The Bertz CT molecular complexity index is 443. The SMILES string of the molecule is CCc1c(C)nn(C2(C(=O)O)CCCC2)c1C. The molecule has 1 aromatic rings. The maximum atomic E-state index is 11.6. The van der Waals surface area contributed by atoms with Crippen LogP contribution in [0, 0.1) is 13.8 Å². The lowest BCUT2D eigenvalue weighted by Gasteiger charge is -2.26. The highest BCUT2D eigenvalue weighted by Crippen LogP contribution is 2.38. The number of rotatable bonds is 3. The van der Waals surface area contributed by atoms with E-state index in [1.807, 2.05) is 13.8 Å². The largest absolute Gasteiger partial charge is 0.479 e. The average molecular weight is 236 g/mol. The molecule has 0 aliphatic heterocycles. The first kappa shape index (κ1) is 12.1. The first-order valence-electron chi connectivity index (χ1n) is 6.32. The molecule has 1 aliphatic rings. The molecule has 4 nitrogen and oxygen atoms in total. The summed E-state index contributed by atoms with van der Waals surface area (Å²) in [7, 11) is 0. The van der Waals surface area contributed by atoms with Gasteiger partial charge in [0.25, 0.3) is 0 Å². The second-order valence-corrected chi connectivity index (χ2v) is 4.96. The molecule has 2 rings (SSSR count). The lowest BCUT2D eigenvalue weighted by atomic mass is 9.97. The maximum Gasteiger partial charge on any atom is 0.331 e. The van der Waals surface area contributed by atoms with E-state index in [-0.39, 0.29) is 0 Å². The van der Waals surface area contributed by atoms with E-state index in [2.05, 4.69) is 12.0 Å². The third-order valence-corrected chi connectivity index (χ3v) is 4.03. The van der Waals surface area contributed by atoms with Crippen molar-refractivity contribution in [2.45, 2.75) is 58.4 Å². The highest BCUT2D eigenvalue weighted by Gasteiger charge is 2.45. The van der Waals surface area contributed by atoms with E-state index in [1.54, 1.807) is 4.68 Å². The van der Waals surface area contributed by atoms with Gasteiger partial charge in [0.2, 0.25) is 0 Å². The zero-order chi connectivity index (χ0) is 12.6. The number of aryl methyl sites for hydroxylation is 1. The van der Waals surface area contributed by atoms with Crippen LogP contribution in [0.4, 0.5) is 0 Å². The van der Waals surface area contributed by atoms with Crippen LogP contribution in [0.25, 0.3) is 0 Å². The molecule has 4 heteroatoms. The van der Waals surface area contributed by atoms with Crippen molar-refractivity contribution >= 4 is 5.97 Å². The Hall–Kier alpha value is -1.32. The molecule has 0 aromatic carbocycles. The van der Waals surface area contributed by atoms with Gasteiger partial charge >= 0.3 is 5.97 Å². The van der Waals surface area contributed by atoms with E-state index in [1.165, 1.54) is 5.56 Å². The van der Waals surface area contributed by atoms with Gasteiger partial charge in [0, 0.05) is 5.69 Å². The van der Waals surface area contributed by atoms with Crippen molar-refractivity contribution in [3.63, 3.8) is 0 Å². The fourth-order valence-corrected chi connectivity index (χ4v) is 3.08. The summed E-state index contributed by atoms with van der Waals surface area (Å²) in [6.07, 6.45) is 4.27. The minimum atomic E-state index is -0.789. The van der Waals surface area contributed by atoms with Crippen LogP contribution in [0.3, 0.4) is 0 Å². The van der Waals surface area contributed by atoms with Gasteiger partial charge in [-0.3, -0.25) is 4.68 Å². The van der Waals surface area contributed by atoms with Gasteiger partial charge in [0.05, 0.1) is 5.69 Å². The molecule has 1 aromatic heterocycles. The molecule has 94 valence electrons. The smallest absolute Gasteiger partial charge is 0.331 e. The number of carboxylic acids is 1. The predicted molar refractivity (Wildman–Crippen MR) is 65.2 cm³/mol. The molecule has 0 spiro atoms. The molecule has 17 heavy (non-hydrogen) atoms. The van der Waals surface area contributed by atoms with Crippen molar-refractivity contribution < 1.29 is 9.90 Å². The fourth-order valence-electron chi connectivity index (χ4n) is 3.08. The van der Waals surface area contributed by atoms with E-state index < -0.39 is 11.5 Å². The van der Waals surface area contributed by atoms with Crippen LogP contribution in [0.5, 0.6) is 0 Å².